The Kier molecular flexibility index (Phi) is 6.80. The lowest BCUT2D eigenvalue weighted by atomic mass is 10.3. The minimum absolute atomic E-state index is 0.0750. The SMILES string of the molecule is O=NN(CCCCO)CCC(=O)O. The Labute approximate surface area is 76.1 Å². The third-order valence-corrected chi connectivity index (χ3v) is 1.52. The molecule has 76 valence electrons. The number of carbonyl (C=O) groups is 1. The quantitative estimate of drug-likeness (QED) is 0.324. The van der Waals surface area contributed by atoms with Crippen molar-refractivity contribution in [2.45, 2.75) is 19.3 Å². The average molecular weight is 190 g/mol. The molecule has 13 heavy (non-hydrogen) atoms. The lowest BCUT2D eigenvalue weighted by Gasteiger charge is -2.12. The van der Waals surface area contributed by atoms with E-state index in [2.05, 4.69) is 5.29 Å². The van der Waals surface area contributed by atoms with Crippen molar-refractivity contribution in [1.82, 2.24) is 5.01 Å². The second-order valence-corrected chi connectivity index (χ2v) is 2.61. The van der Waals surface area contributed by atoms with E-state index in [-0.39, 0.29) is 19.6 Å². The van der Waals surface area contributed by atoms with Crippen molar-refractivity contribution in [2.24, 2.45) is 5.29 Å². The van der Waals surface area contributed by atoms with Crippen LogP contribution in [0.1, 0.15) is 19.3 Å². The lowest BCUT2D eigenvalue weighted by molar-refractivity contribution is -0.137. The second-order valence-electron chi connectivity index (χ2n) is 2.61. The Morgan fingerprint density at radius 2 is 2.00 bits per heavy atom. The highest BCUT2D eigenvalue weighted by Gasteiger charge is 2.05. The summed E-state index contributed by atoms with van der Waals surface area (Å²) >= 11 is 0. The van der Waals surface area contributed by atoms with Gasteiger partial charge in [0.2, 0.25) is 0 Å². The second kappa shape index (κ2) is 7.48. The van der Waals surface area contributed by atoms with Gasteiger partial charge in [-0.1, -0.05) is 0 Å². The Bertz CT molecular complexity index is 163. The summed E-state index contributed by atoms with van der Waals surface area (Å²) in [6.45, 7) is 0.604. The van der Waals surface area contributed by atoms with Crippen LogP contribution in [0.2, 0.25) is 0 Å². The van der Waals surface area contributed by atoms with Crippen LogP contribution in [-0.2, 0) is 4.79 Å². The molecule has 0 saturated heterocycles. The van der Waals surface area contributed by atoms with Crippen LogP contribution in [0.15, 0.2) is 5.29 Å². The van der Waals surface area contributed by atoms with Crippen molar-refractivity contribution in [3.63, 3.8) is 0 Å². The highest BCUT2D eigenvalue weighted by atomic mass is 16.4. The zero-order chi connectivity index (χ0) is 10.1. The molecule has 0 unspecified atom stereocenters. The van der Waals surface area contributed by atoms with Gasteiger partial charge < -0.3 is 10.2 Å². The molecule has 0 spiro atoms. The number of nitrogens with zero attached hydrogens (tertiary/aromatic N) is 2. The third-order valence-electron chi connectivity index (χ3n) is 1.52. The first-order chi connectivity index (χ1) is 6.20. The van der Waals surface area contributed by atoms with E-state index in [4.69, 9.17) is 10.2 Å². The van der Waals surface area contributed by atoms with E-state index >= 15 is 0 Å². The van der Waals surface area contributed by atoms with E-state index in [1.807, 2.05) is 0 Å². The van der Waals surface area contributed by atoms with Gasteiger partial charge >= 0.3 is 5.97 Å². The van der Waals surface area contributed by atoms with Gasteiger partial charge in [-0.05, 0) is 12.8 Å². The molecule has 0 bridgehead atoms. The number of nitroso groups, excluding NO2 is 1. The Morgan fingerprint density at radius 3 is 2.46 bits per heavy atom. The Hall–Kier alpha value is -1.17. The monoisotopic (exact) mass is 190 g/mol. The smallest absolute Gasteiger partial charge is 0.305 e. The highest BCUT2D eigenvalue weighted by molar-refractivity contribution is 5.66. The summed E-state index contributed by atoms with van der Waals surface area (Å²) in [6.07, 6.45) is 1.14. The molecule has 0 aromatic heterocycles. The predicted octanol–water partition coefficient (Wildman–Crippen LogP) is 0.217. The van der Waals surface area contributed by atoms with Crippen molar-refractivity contribution in [3.05, 3.63) is 4.91 Å². The number of carboxylic acids is 1. The first-order valence-electron chi connectivity index (χ1n) is 4.11. The summed E-state index contributed by atoms with van der Waals surface area (Å²) in [6, 6.07) is 0. The molecule has 0 aromatic carbocycles. The summed E-state index contributed by atoms with van der Waals surface area (Å²) < 4.78 is 0. The van der Waals surface area contributed by atoms with Crippen LogP contribution < -0.4 is 0 Å². The zero-order valence-electron chi connectivity index (χ0n) is 7.35. The number of unbranched alkanes of at least 4 members (excludes halogenated alkanes) is 1. The number of aliphatic hydroxyl groups excluding tert-OH is 1. The maximum atomic E-state index is 10.1. The minimum atomic E-state index is -0.948. The maximum Gasteiger partial charge on any atom is 0.305 e. The molecule has 0 heterocycles. The number of carboxylic acid groups (broad SMARTS) is 1. The van der Waals surface area contributed by atoms with Gasteiger partial charge in [0.15, 0.2) is 0 Å². The van der Waals surface area contributed by atoms with Crippen LogP contribution in [0.4, 0.5) is 0 Å². The number of hydrogen-bond donors (Lipinski definition) is 2. The van der Waals surface area contributed by atoms with Gasteiger partial charge in [-0.15, -0.1) is 4.91 Å². The van der Waals surface area contributed by atoms with Crippen LogP contribution in [0, 0.1) is 4.91 Å². The van der Waals surface area contributed by atoms with Crippen LogP contribution in [0.3, 0.4) is 0 Å². The molecule has 0 radical (unpaired) electrons. The maximum absolute atomic E-state index is 10.1. The zero-order valence-corrected chi connectivity index (χ0v) is 7.35. The van der Waals surface area contributed by atoms with E-state index in [0.29, 0.717) is 19.4 Å². The molecule has 0 saturated carbocycles. The van der Waals surface area contributed by atoms with Gasteiger partial charge in [0.05, 0.1) is 11.7 Å². The normalized spacial score (nSPS) is 9.62. The van der Waals surface area contributed by atoms with Crippen molar-refractivity contribution >= 4 is 5.97 Å². The summed E-state index contributed by atoms with van der Waals surface area (Å²) in [7, 11) is 0. The van der Waals surface area contributed by atoms with Crippen molar-refractivity contribution in [3.8, 4) is 0 Å². The fraction of sp³-hybridized carbons (Fsp3) is 0.857. The van der Waals surface area contributed by atoms with Crippen LogP contribution in [0.5, 0.6) is 0 Å². The van der Waals surface area contributed by atoms with E-state index < -0.39 is 5.97 Å². The fourth-order valence-corrected chi connectivity index (χ4v) is 0.824. The molecule has 0 amide bonds. The van der Waals surface area contributed by atoms with E-state index in [0.717, 1.165) is 5.01 Å². The third kappa shape index (κ3) is 7.20. The number of rotatable bonds is 8. The van der Waals surface area contributed by atoms with Gasteiger partial charge in [-0.25, -0.2) is 0 Å². The first kappa shape index (κ1) is 11.8. The lowest BCUT2D eigenvalue weighted by Crippen LogP contribution is -2.21. The van der Waals surface area contributed by atoms with Crippen LogP contribution >= 0.6 is 0 Å². The molecule has 0 aliphatic carbocycles. The van der Waals surface area contributed by atoms with Gasteiger partial charge in [0.25, 0.3) is 0 Å². The molecule has 0 fully saturated rings. The molecule has 2 N–H and O–H groups in total. The van der Waals surface area contributed by atoms with Gasteiger partial charge in [-0.3, -0.25) is 9.80 Å². The van der Waals surface area contributed by atoms with Crippen LogP contribution in [-0.4, -0.2) is 40.9 Å². The van der Waals surface area contributed by atoms with E-state index in [9.17, 15) is 9.70 Å². The van der Waals surface area contributed by atoms with Gasteiger partial charge in [-0.2, -0.15) is 0 Å². The number of aliphatic carboxylic acids is 1. The Morgan fingerprint density at radius 1 is 1.31 bits per heavy atom. The minimum Gasteiger partial charge on any atom is -0.481 e. The molecule has 0 aliphatic rings. The van der Waals surface area contributed by atoms with E-state index in [1.54, 1.807) is 0 Å². The fourth-order valence-electron chi connectivity index (χ4n) is 0.824. The molecule has 0 aliphatic heterocycles. The summed E-state index contributed by atoms with van der Waals surface area (Å²) in [4.78, 5) is 20.3. The standard InChI is InChI=1S/C7H14N2O4/c10-6-2-1-4-9(8-13)5-3-7(11)12/h10H,1-6H2,(H,11,12). The molecule has 6 heteroatoms. The first-order valence-corrected chi connectivity index (χ1v) is 4.11. The molecular weight excluding hydrogens is 176 g/mol. The highest BCUT2D eigenvalue weighted by Crippen LogP contribution is 1.97. The summed E-state index contributed by atoms with van der Waals surface area (Å²) in [5.74, 6) is -0.948. The van der Waals surface area contributed by atoms with Gasteiger partial charge in [0, 0.05) is 19.7 Å². The average Bonchev–Trinajstić information content (AvgIpc) is 2.10. The molecule has 0 aromatic rings. The predicted molar refractivity (Wildman–Crippen MR) is 45.9 cm³/mol. The van der Waals surface area contributed by atoms with Crippen LogP contribution in [0.25, 0.3) is 0 Å². The number of hydrogen-bond acceptors (Lipinski definition) is 4. The molecular formula is C7H14N2O4. The molecule has 0 atom stereocenters. The number of aliphatic hydroxyl groups is 1. The topological polar surface area (TPSA) is 90.2 Å². The van der Waals surface area contributed by atoms with Gasteiger partial charge in [0.1, 0.15) is 0 Å². The van der Waals surface area contributed by atoms with Crippen molar-refractivity contribution < 1.29 is 15.0 Å². The molecule has 6 nitrogen and oxygen atoms in total. The summed E-state index contributed by atoms with van der Waals surface area (Å²) in [5, 5.41) is 20.6. The molecule has 0 rings (SSSR count). The van der Waals surface area contributed by atoms with Crippen molar-refractivity contribution in [2.75, 3.05) is 19.7 Å². The van der Waals surface area contributed by atoms with Crippen molar-refractivity contribution in [1.29, 1.82) is 0 Å². The summed E-state index contributed by atoms with van der Waals surface area (Å²) in [5.41, 5.74) is 0. The van der Waals surface area contributed by atoms with E-state index in [1.165, 1.54) is 0 Å². The largest absolute Gasteiger partial charge is 0.481 e. The Balaban J connectivity index is 3.51.